The van der Waals surface area contributed by atoms with E-state index in [1.165, 1.54) is 5.56 Å². The number of aromatic nitrogens is 1. The minimum Gasteiger partial charge on any atom is -0.355 e. The number of hydrogen-bond donors (Lipinski definition) is 1. The molecule has 0 fully saturated rings. The molecule has 1 heterocycles. The third-order valence-corrected chi connectivity index (χ3v) is 5.04. The van der Waals surface area contributed by atoms with E-state index >= 15 is 0 Å². The molecule has 152 valence electrons. The van der Waals surface area contributed by atoms with Crippen molar-refractivity contribution in [2.24, 2.45) is 0 Å². The molecule has 0 saturated carbocycles. The molecule has 1 atom stereocenters. The van der Waals surface area contributed by atoms with Crippen LogP contribution in [0.25, 0.3) is 11.3 Å². The predicted molar refractivity (Wildman–Crippen MR) is 116 cm³/mol. The first-order valence-electron chi connectivity index (χ1n) is 9.83. The minimum absolute atomic E-state index is 0.0634. The van der Waals surface area contributed by atoms with Crippen LogP contribution in [-0.4, -0.2) is 36.6 Å². The van der Waals surface area contributed by atoms with Crippen LogP contribution in [-0.2, 0) is 5.41 Å². The predicted octanol–water partition coefficient (Wildman–Crippen LogP) is 4.67. The molecule has 1 aromatic heterocycles. The van der Waals surface area contributed by atoms with Gasteiger partial charge in [0.05, 0.1) is 6.04 Å². The van der Waals surface area contributed by atoms with E-state index in [0.29, 0.717) is 12.3 Å². The fraction of sp³-hybridized carbons (Fsp3) is 0.333. The number of nitrogens with zero attached hydrogens (tertiary/aromatic N) is 2. The van der Waals surface area contributed by atoms with Crippen molar-refractivity contribution in [2.75, 3.05) is 20.6 Å². The van der Waals surface area contributed by atoms with Gasteiger partial charge in [0.1, 0.15) is 0 Å². The number of rotatable bonds is 6. The molecular formula is C24H29N3O2. The molecule has 0 saturated heterocycles. The van der Waals surface area contributed by atoms with Crippen molar-refractivity contribution < 1.29 is 9.32 Å². The highest BCUT2D eigenvalue weighted by Gasteiger charge is 2.20. The fourth-order valence-corrected chi connectivity index (χ4v) is 3.20. The molecule has 1 N–H and O–H groups in total. The maximum absolute atomic E-state index is 12.6. The number of carbonyl (C=O) groups is 1. The van der Waals surface area contributed by atoms with Crippen molar-refractivity contribution in [2.45, 2.75) is 32.2 Å². The molecule has 1 unspecified atom stereocenters. The van der Waals surface area contributed by atoms with Gasteiger partial charge in [-0.05, 0) is 30.6 Å². The Morgan fingerprint density at radius 3 is 2.31 bits per heavy atom. The highest BCUT2D eigenvalue weighted by molar-refractivity contribution is 5.93. The average Bonchev–Trinajstić information content (AvgIpc) is 3.18. The lowest BCUT2D eigenvalue weighted by Gasteiger charge is -2.26. The van der Waals surface area contributed by atoms with Crippen molar-refractivity contribution in [3.8, 4) is 11.3 Å². The number of carbonyl (C=O) groups excluding carboxylic acids is 1. The number of nitrogens with one attached hydrogen (secondary N) is 1. The zero-order chi connectivity index (χ0) is 21.0. The summed E-state index contributed by atoms with van der Waals surface area (Å²) in [6.07, 6.45) is 0. The van der Waals surface area contributed by atoms with E-state index in [1.54, 1.807) is 6.07 Å². The third kappa shape index (κ3) is 5.12. The van der Waals surface area contributed by atoms with Crippen LogP contribution in [0.2, 0.25) is 0 Å². The molecule has 5 heteroatoms. The summed E-state index contributed by atoms with van der Waals surface area (Å²) < 4.78 is 5.33. The van der Waals surface area contributed by atoms with Gasteiger partial charge in [-0.1, -0.05) is 80.5 Å². The molecule has 3 aromatic rings. The second-order valence-corrected chi connectivity index (χ2v) is 8.50. The summed E-state index contributed by atoms with van der Waals surface area (Å²) in [5.74, 6) is 0.340. The van der Waals surface area contributed by atoms with Gasteiger partial charge in [-0.15, -0.1) is 0 Å². The van der Waals surface area contributed by atoms with Gasteiger partial charge >= 0.3 is 0 Å². The molecule has 0 spiro atoms. The van der Waals surface area contributed by atoms with Gasteiger partial charge in [-0.2, -0.15) is 0 Å². The summed E-state index contributed by atoms with van der Waals surface area (Å²) in [7, 11) is 4.02. The first-order valence-corrected chi connectivity index (χ1v) is 9.83. The molecule has 5 nitrogen and oxygen atoms in total. The van der Waals surface area contributed by atoms with Crippen molar-refractivity contribution in [1.29, 1.82) is 0 Å². The number of benzene rings is 2. The highest BCUT2D eigenvalue weighted by Crippen LogP contribution is 2.25. The molecule has 1 amide bonds. The van der Waals surface area contributed by atoms with E-state index in [4.69, 9.17) is 4.52 Å². The Bertz CT molecular complexity index is 938. The van der Waals surface area contributed by atoms with Gasteiger partial charge in [-0.3, -0.25) is 4.79 Å². The molecule has 0 aliphatic carbocycles. The van der Waals surface area contributed by atoms with Gasteiger partial charge < -0.3 is 14.7 Å². The van der Waals surface area contributed by atoms with E-state index in [1.807, 2.05) is 44.4 Å². The van der Waals surface area contributed by atoms with E-state index in [-0.39, 0.29) is 23.1 Å². The van der Waals surface area contributed by atoms with Crippen LogP contribution in [0.3, 0.4) is 0 Å². The van der Waals surface area contributed by atoms with Crippen LogP contribution < -0.4 is 5.32 Å². The van der Waals surface area contributed by atoms with Crippen LogP contribution in [0.1, 0.15) is 48.4 Å². The average molecular weight is 392 g/mol. The number of hydrogen-bond acceptors (Lipinski definition) is 4. The second-order valence-electron chi connectivity index (χ2n) is 8.50. The fourth-order valence-electron chi connectivity index (χ4n) is 3.20. The van der Waals surface area contributed by atoms with Crippen LogP contribution in [0.5, 0.6) is 0 Å². The SMILES string of the molecule is CN(C)C(CNC(=O)c1cc(-c2ccccc2)on1)c1ccc(C(C)(C)C)cc1. The van der Waals surface area contributed by atoms with Crippen molar-refractivity contribution in [1.82, 2.24) is 15.4 Å². The van der Waals surface area contributed by atoms with Crippen LogP contribution in [0.4, 0.5) is 0 Å². The van der Waals surface area contributed by atoms with Crippen molar-refractivity contribution in [3.05, 3.63) is 77.5 Å². The summed E-state index contributed by atoms with van der Waals surface area (Å²) in [5, 5.41) is 6.91. The molecule has 0 aliphatic heterocycles. The smallest absolute Gasteiger partial charge is 0.273 e. The Labute approximate surface area is 172 Å². The molecule has 2 aromatic carbocycles. The monoisotopic (exact) mass is 391 g/mol. The van der Waals surface area contributed by atoms with Gasteiger partial charge in [0.15, 0.2) is 11.5 Å². The number of likely N-dealkylation sites (N-methyl/N-ethyl adjacent to an activating group) is 1. The summed E-state index contributed by atoms with van der Waals surface area (Å²) in [6.45, 7) is 7.09. The summed E-state index contributed by atoms with van der Waals surface area (Å²) in [6, 6.07) is 20.0. The maximum Gasteiger partial charge on any atom is 0.273 e. The topological polar surface area (TPSA) is 58.4 Å². The second kappa shape index (κ2) is 8.62. The van der Waals surface area contributed by atoms with Crippen molar-refractivity contribution in [3.63, 3.8) is 0 Å². The van der Waals surface area contributed by atoms with Gasteiger partial charge in [0, 0.05) is 18.2 Å². The highest BCUT2D eigenvalue weighted by atomic mass is 16.5. The zero-order valence-corrected chi connectivity index (χ0v) is 17.8. The van der Waals surface area contributed by atoms with Gasteiger partial charge in [0.25, 0.3) is 5.91 Å². The van der Waals surface area contributed by atoms with E-state index < -0.39 is 0 Å². The zero-order valence-electron chi connectivity index (χ0n) is 17.8. The van der Waals surface area contributed by atoms with Crippen LogP contribution in [0, 0.1) is 0 Å². The molecule has 0 radical (unpaired) electrons. The normalized spacial score (nSPS) is 12.8. The van der Waals surface area contributed by atoms with Gasteiger partial charge in [-0.25, -0.2) is 0 Å². The maximum atomic E-state index is 12.6. The first-order chi connectivity index (χ1) is 13.8. The van der Waals surface area contributed by atoms with Gasteiger partial charge in [0.2, 0.25) is 0 Å². The summed E-state index contributed by atoms with van der Waals surface area (Å²) >= 11 is 0. The largest absolute Gasteiger partial charge is 0.355 e. The summed E-state index contributed by atoms with van der Waals surface area (Å²) in [5.41, 5.74) is 3.74. The first kappa shape index (κ1) is 20.8. The van der Waals surface area contributed by atoms with E-state index in [9.17, 15) is 4.79 Å². The minimum atomic E-state index is -0.242. The van der Waals surface area contributed by atoms with Crippen LogP contribution >= 0.6 is 0 Å². The Morgan fingerprint density at radius 1 is 1.07 bits per heavy atom. The molecular weight excluding hydrogens is 362 g/mol. The summed E-state index contributed by atoms with van der Waals surface area (Å²) in [4.78, 5) is 14.7. The molecule has 0 aliphatic rings. The Balaban J connectivity index is 1.68. The lowest BCUT2D eigenvalue weighted by atomic mass is 9.86. The lowest BCUT2D eigenvalue weighted by Crippen LogP contribution is -2.34. The van der Waals surface area contributed by atoms with Crippen LogP contribution in [0.15, 0.2) is 65.2 Å². The quantitative estimate of drug-likeness (QED) is 0.663. The standard InChI is InChI=1S/C24H29N3O2/c1-24(2,3)19-13-11-17(12-14-19)21(27(4)5)16-25-23(28)20-15-22(29-26-20)18-9-7-6-8-10-18/h6-15,21H,16H2,1-5H3,(H,25,28). The third-order valence-electron chi connectivity index (χ3n) is 5.04. The lowest BCUT2D eigenvalue weighted by molar-refractivity contribution is 0.0933. The Kier molecular flexibility index (Phi) is 6.18. The molecule has 0 bridgehead atoms. The molecule has 3 rings (SSSR count). The molecule has 29 heavy (non-hydrogen) atoms. The van der Waals surface area contributed by atoms with E-state index in [0.717, 1.165) is 11.1 Å². The number of amides is 1. The van der Waals surface area contributed by atoms with E-state index in [2.05, 4.69) is 60.4 Å². The Hall–Kier alpha value is -2.92. The van der Waals surface area contributed by atoms with Crippen molar-refractivity contribution >= 4 is 5.91 Å². The Morgan fingerprint density at radius 2 is 1.72 bits per heavy atom.